The maximum atomic E-state index is 9.78. The van der Waals surface area contributed by atoms with Crippen molar-refractivity contribution in [3.05, 3.63) is 12.3 Å². The smallest absolute Gasteiger partial charge is 0.376 e. The van der Waals surface area contributed by atoms with Gasteiger partial charge in [-0.3, -0.25) is 4.79 Å². The summed E-state index contributed by atoms with van der Waals surface area (Å²) in [6.45, 7) is 3.69. The lowest BCUT2D eigenvalue weighted by atomic mass is 10.5. The van der Waals surface area contributed by atoms with Crippen molar-refractivity contribution < 1.29 is 43.8 Å². The van der Waals surface area contributed by atoms with Crippen molar-refractivity contribution in [2.24, 2.45) is 0 Å². The van der Waals surface area contributed by atoms with Gasteiger partial charge in [0.05, 0.1) is 0 Å². The van der Waals surface area contributed by atoms with Gasteiger partial charge in [-0.1, -0.05) is 0 Å². The summed E-state index contributed by atoms with van der Waals surface area (Å²) in [5.41, 5.74) is 0. The molecule has 0 aromatic rings. The zero-order valence-electron chi connectivity index (χ0n) is 7.95. The lowest BCUT2D eigenvalue weighted by Gasteiger charge is -2.24. The number of rotatable bonds is 4. The van der Waals surface area contributed by atoms with Gasteiger partial charge in [0.2, 0.25) is 14.0 Å². The molecule has 0 atom stereocenters. The molecule has 0 bridgehead atoms. The Kier molecular flexibility index (Phi) is 7.23. The van der Waals surface area contributed by atoms with E-state index in [0.717, 1.165) is 6.92 Å². The Bertz CT molecular complexity index is 290. The van der Waals surface area contributed by atoms with Crippen LogP contribution in [0.3, 0.4) is 0 Å². The van der Waals surface area contributed by atoms with Crippen LogP contribution in [-0.4, -0.2) is 32.8 Å². The van der Waals surface area contributed by atoms with E-state index in [0.29, 0.717) is 0 Å². The van der Waals surface area contributed by atoms with Crippen LogP contribution in [0.15, 0.2) is 12.3 Å². The van der Waals surface area contributed by atoms with E-state index in [1.807, 2.05) is 0 Å². The first-order valence-electron chi connectivity index (χ1n) is 3.36. The van der Waals surface area contributed by atoms with Gasteiger partial charge in [0.1, 0.15) is 0 Å². The molecular weight excluding hydrogens is 247 g/mol. The Morgan fingerprint density at radius 1 is 1.19 bits per heavy atom. The van der Waals surface area contributed by atoms with E-state index >= 15 is 0 Å². The largest absolute Gasteiger partial charge is 0.627 e. The van der Waals surface area contributed by atoms with E-state index < -0.39 is 31.7 Å². The Morgan fingerprint density at radius 2 is 1.50 bits per heavy atom. The highest BCUT2D eigenvalue weighted by Gasteiger charge is 2.16. The second kappa shape index (κ2) is 6.85. The summed E-state index contributed by atoms with van der Waals surface area (Å²) in [4.78, 5) is 56.1. The van der Waals surface area contributed by atoms with Gasteiger partial charge in [0.15, 0.2) is 0 Å². The fourth-order valence-corrected chi connectivity index (χ4v) is 0.535. The lowest BCUT2D eigenvalue weighted by molar-refractivity contribution is -0.358. The minimum absolute atomic E-state index is 0.824. The number of hydrogen-bond donors (Lipinski definition) is 3. The van der Waals surface area contributed by atoms with Crippen molar-refractivity contribution in [2.45, 2.75) is 6.92 Å². The van der Waals surface area contributed by atoms with Crippen molar-refractivity contribution in [3.8, 4) is 0 Å². The molecule has 10 heteroatoms. The van der Waals surface area contributed by atoms with Crippen LogP contribution < -0.4 is 9.79 Å². The van der Waals surface area contributed by atoms with Gasteiger partial charge in [-0.15, -0.1) is 0 Å². The number of phosphoric ester groups is 1. The quantitative estimate of drug-likeness (QED) is 0.215. The molecule has 0 spiro atoms. The topological polar surface area (TPSA) is 167 Å². The van der Waals surface area contributed by atoms with Crippen molar-refractivity contribution in [2.75, 3.05) is 0 Å². The molecular formula is C6H8O9P-. The summed E-state index contributed by atoms with van der Waals surface area (Å²) in [5.74, 6) is -4.89. The van der Waals surface area contributed by atoms with Crippen LogP contribution >= 0.6 is 8.17 Å². The van der Waals surface area contributed by atoms with Crippen molar-refractivity contribution in [3.63, 3.8) is 0 Å². The summed E-state index contributed by atoms with van der Waals surface area (Å²) in [6.07, 6.45) is 0. The monoisotopic (exact) mass is 255 g/mol. The van der Waals surface area contributed by atoms with Crippen molar-refractivity contribution in [1.82, 2.24) is 0 Å². The van der Waals surface area contributed by atoms with E-state index in [1.54, 1.807) is 0 Å². The predicted octanol–water partition coefficient (Wildman–Crippen LogP) is -2.35. The molecule has 0 aromatic carbocycles. The Hall–Kier alpha value is -1.54. The Morgan fingerprint density at radius 3 is 1.56 bits per heavy atom. The van der Waals surface area contributed by atoms with Gasteiger partial charge in [-0.05, 0) is 6.58 Å². The normalized spacial score (nSPS) is 9.50. The van der Waals surface area contributed by atoms with E-state index in [2.05, 4.69) is 11.1 Å². The van der Waals surface area contributed by atoms with Gasteiger partial charge in [0.25, 0.3) is 5.76 Å². The number of Topliss-reactive ketones (excluding diaryl/α,β-unsaturated/α-hetero) is 1. The molecule has 0 aromatic heterocycles. The summed E-state index contributed by atoms with van der Waals surface area (Å²) in [7, 11) is -5.01. The van der Waals surface area contributed by atoms with Crippen LogP contribution in [-0.2, 0) is 18.9 Å². The minimum atomic E-state index is -5.01. The average Bonchev–Trinajstić information content (AvgIpc) is 2.01. The van der Waals surface area contributed by atoms with Gasteiger partial charge in [-0.25, -0.2) is 14.5 Å². The molecule has 0 saturated carbocycles. The number of aliphatic carboxylic acids is 2. The second-order valence-corrected chi connectivity index (χ2v) is 3.27. The Labute approximate surface area is 89.9 Å². The van der Waals surface area contributed by atoms with E-state index in [-0.39, 0.29) is 0 Å². The third-order valence-corrected chi connectivity index (χ3v) is 1.22. The third-order valence-electron chi connectivity index (χ3n) is 0.765. The van der Waals surface area contributed by atoms with Crippen LogP contribution in [0.2, 0.25) is 0 Å². The number of ketones is 1. The standard InChI is InChI=1S/C3H5O6P.C3H4O3/c1-2(3(4)5)9-10(6,7)8;1-2(4)3(5)6/h1H2,(H,4,5)(H2,6,7,8);1H3,(H,5,6)/p-1. The zero-order valence-corrected chi connectivity index (χ0v) is 8.84. The second-order valence-electron chi connectivity index (χ2n) is 2.15. The average molecular weight is 255 g/mol. The first kappa shape index (κ1) is 16.9. The number of carboxylic acids is 2. The number of carboxylic acid groups (broad SMARTS) is 2. The molecule has 0 aliphatic rings. The molecule has 92 valence electrons. The summed E-state index contributed by atoms with van der Waals surface area (Å²) in [5, 5.41) is 15.6. The molecule has 0 rings (SSSR count). The molecule has 16 heavy (non-hydrogen) atoms. The number of phosphoric acid groups is 1. The molecule has 0 radical (unpaired) electrons. The Balaban J connectivity index is 0. The van der Waals surface area contributed by atoms with Gasteiger partial charge < -0.3 is 24.5 Å². The zero-order chi connectivity index (χ0) is 13.5. The number of hydrogen-bond acceptors (Lipinski definition) is 7. The van der Waals surface area contributed by atoms with Crippen LogP contribution in [0.4, 0.5) is 0 Å². The molecule has 9 nitrogen and oxygen atoms in total. The predicted molar refractivity (Wildman–Crippen MR) is 45.3 cm³/mol. The first-order chi connectivity index (χ1) is 6.97. The molecule has 0 amide bonds. The fraction of sp³-hybridized carbons (Fsp3) is 0.167. The van der Waals surface area contributed by atoms with E-state index in [4.69, 9.17) is 15.1 Å². The van der Waals surface area contributed by atoms with Gasteiger partial charge >= 0.3 is 11.9 Å². The molecule has 0 heterocycles. The fourth-order valence-electron chi connectivity index (χ4n) is 0.178. The molecule has 0 aliphatic carbocycles. The van der Waals surface area contributed by atoms with Crippen molar-refractivity contribution >= 4 is 25.9 Å². The molecule has 0 aliphatic heterocycles. The summed E-state index contributed by atoms with van der Waals surface area (Å²) >= 11 is 0. The van der Waals surface area contributed by atoms with E-state index in [1.165, 1.54) is 0 Å². The SMILES string of the molecule is C=C(O[P+]([O-])([O-])O)C(=O)O.CC(=O)C(=O)O. The van der Waals surface area contributed by atoms with Crippen LogP contribution in [0.25, 0.3) is 0 Å². The van der Waals surface area contributed by atoms with Crippen LogP contribution in [0.5, 0.6) is 0 Å². The van der Waals surface area contributed by atoms with Gasteiger partial charge in [0, 0.05) is 6.92 Å². The molecule has 0 fully saturated rings. The molecule has 0 saturated heterocycles. The number of carbonyl (C=O) groups excluding carboxylic acids is 1. The third kappa shape index (κ3) is 12.5. The minimum Gasteiger partial charge on any atom is -0.627 e. The maximum absolute atomic E-state index is 9.78. The highest BCUT2D eigenvalue weighted by Crippen LogP contribution is 2.37. The van der Waals surface area contributed by atoms with Crippen LogP contribution in [0, 0.1) is 0 Å². The number of carbonyl (C=O) groups is 3. The lowest BCUT2D eigenvalue weighted by Crippen LogP contribution is -2.24. The molecule has 3 N–H and O–H groups in total. The maximum Gasteiger partial charge on any atom is 0.376 e. The summed E-state index contributed by atoms with van der Waals surface area (Å²) in [6, 6.07) is 0. The van der Waals surface area contributed by atoms with Gasteiger partial charge in [-0.2, -0.15) is 0 Å². The van der Waals surface area contributed by atoms with E-state index in [9.17, 15) is 24.2 Å². The highest BCUT2D eigenvalue weighted by molar-refractivity contribution is 7.50. The highest BCUT2D eigenvalue weighted by atomic mass is 31.2. The molecule has 0 unspecified atom stereocenters. The van der Waals surface area contributed by atoms with Crippen LogP contribution in [0.1, 0.15) is 6.92 Å². The van der Waals surface area contributed by atoms with Crippen molar-refractivity contribution in [1.29, 1.82) is 0 Å². The first-order valence-corrected chi connectivity index (χ1v) is 4.86. The summed E-state index contributed by atoms with van der Waals surface area (Å²) < 4.78 is 3.46.